The van der Waals surface area contributed by atoms with Crippen molar-refractivity contribution in [2.75, 3.05) is 37.1 Å². The predicted molar refractivity (Wildman–Crippen MR) is 116 cm³/mol. The average Bonchev–Trinajstić information content (AvgIpc) is 3.18. The van der Waals surface area contributed by atoms with E-state index in [1.54, 1.807) is 7.05 Å². The van der Waals surface area contributed by atoms with Gasteiger partial charge in [0.15, 0.2) is 6.61 Å². The van der Waals surface area contributed by atoms with Crippen LogP contribution in [0.25, 0.3) is 11.0 Å². The fourth-order valence-electron chi connectivity index (χ4n) is 3.54. The number of alkyl halides is 3. The molecule has 3 aromatic rings. The third-order valence-corrected chi connectivity index (χ3v) is 6.33. The molecule has 0 aromatic carbocycles. The van der Waals surface area contributed by atoms with Gasteiger partial charge in [0, 0.05) is 32.8 Å². The number of nitrogens with one attached hydrogen (secondary N) is 3. The highest BCUT2D eigenvalue weighted by Gasteiger charge is 2.31. The summed E-state index contributed by atoms with van der Waals surface area (Å²) in [5.74, 6) is -0.00223. The zero-order chi connectivity index (χ0) is 24.7. The topological polar surface area (TPSA) is 149 Å². The van der Waals surface area contributed by atoms with Crippen molar-refractivity contribution in [3.8, 4) is 11.9 Å². The average molecular weight is 496 g/mol. The molecule has 0 saturated carbocycles. The fraction of sp³-hybridized carbons (Fsp3) is 0.368. The number of nitriles is 1. The van der Waals surface area contributed by atoms with Gasteiger partial charge in [-0.05, 0) is 11.6 Å². The zero-order valence-corrected chi connectivity index (χ0v) is 18.8. The summed E-state index contributed by atoms with van der Waals surface area (Å²) in [6.07, 6.45) is -1.83. The van der Waals surface area contributed by atoms with Gasteiger partial charge in [-0.25, -0.2) is 13.4 Å². The van der Waals surface area contributed by atoms with E-state index in [2.05, 4.69) is 30.6 Å². The minimum Gasteiger partial charge on any atom is -0.467 e. The Morgan fingerprint density at radius 3 is 2.74 bits per heavy atom. The lowest BCUT2D eigenvalue weighted by molar-refractivity contribution is -0.154. The number of aromatic nitrogens is 4. The SMILES string of the molecule is CNc1nc(Nc2cc3c(nc2OCC(F)(F)F)CCN(S(C)(=O)=O)C3)nc2[nH]cc(C#N)c12. The summed E-state index contributed by atoms with van der Waals surface area (Å²) < 4.78 is 68.6. The molecule has 15 heteroatoms. The number of sulfonamides is 1. The first-order valence-corrected chi connectivity index (χ1v) is 11.7. The molecule has 3 aromatic heterocycles. The first-order chi connectivity index (χ1) is 16.0. The number of pyridine rings is 1. The highest BCUT2D eigenvalue weighted by atomic mass is 32.2. The molecule has 0 fully saturated rings. The maximum atomic E-state index is 12.8. The van der Waals surface area contributed by atoms with E-state index >= 15 is 0 Å². The molecule has 0 spiro atoms. The summed E-state index contributed by atoms with van der Waals surface area (Å²) in [5.41, 5.74) is 1.63. The molecule has 3 N–H and O–H groups in total. The maximum Gasteiger partial charge on any atom is 0.422 e. The monoisotopic (exact) mass is 496 g/mol. The summed E-state index contributed by atoms with van der Waals surface area (Å²) >= 11 is 0. The Morgan fingerprint density at radius 2 is 2.09 bits per heavy atom. The molecule has 0 atom stereocenters. The number of nitrogens with zero attached hydrogens (tertiary/aromatic N) is 5. The molecule has 0 unspecified atom stereocenters. The lowest BCUT2D eigenvalue weighted by atomic mass is 10.1. The Hall–Kier alpha value is -3.64. The minimum atomic E-state index is -4.59. The third-order valence-electron chi connectivity index (χ3n) is 5.08. The Morgan fingerprint density at radius 1 is 1.32 bits per heavy atom. The number of fused-ring (bicyclic) bond motifs is 2. The largest absolute Gasteiger partial charge is 0.467 e. The molecule has 11 nitrogen and oxygen atoms in total. The van der Waals surface area contributed by atoms with Gasteiger partial charge in [0.05, 0.1) is 22.9 Å². The van der Waals surface area contributed by atoms with Crippen LogP contribution in [-0.4, -0.2) is 65.3 Å². The Kier molecular flexibility index (Phi) is 5.96. The van der Waals surface area contributed by atoms with Crippen LogP contribution < -0.4 is 15.4 Å². The van der Waals surface area contributed by atoms with Gasteiger partial charge in [0.1, 0.15) is 23.2 Å². The zero-order valence-electron chi connectivity index (χ0n) is 18.0. The van der Waals surface area contributed by atoms with Crippen molar-refractivity contribution in [2.45, 2.75) is 19.1 Å². The second kappa shape index (κ2) is 8.61. The Labute approximate surface area is 192 Å². The van der Waals surface area contributed by atoms with Crippen LogP contribution in [0.2, 0.25) is 0 Å². The van der Waals surface area contributed by atoms with Crippen LogP contribution in [-0.2, 0) is 23.0 Å². The molecule has 0 radical (unpaired) electrons. The van der Waals surface area contributed by atoms with Crippen LogP contribution in [0.3, 0.4) is 0 Å². The van der Waals surface area contributed by atoms with E-state index in [0.29, 0.717) is 33.7 Å². The fourth-order valence-corrected chi connectivity index (χ4v) is 4.33. The molecule has 0 saturated heterocycles. The van der Waals surface area contributed by atoms with Gasteiger partial charge in [-0.15, -0.1) is 0 Å². The van der Waals surface area contributed by atoms with Crippen LogP contribution in [0, 0.1) is 11.3 Å². The van der Waals surface area contributed by atoms with E-state index in [1.807, 2.05) is 6.07 Å². The number of anilines is 3. The smallest absolute Gasteiger partial charge is 0.422 e. The lowest BCUT2D eigenvalue weighted by Crippen LogP contribution is -2.35. The summed E-state index contributed by atoms with van der Waals surface area (Å²) in [4.78, 5) is 15.7. The van der Waals surface area contributed by atoms with Crippen LogP contribution >= 0.6 is 0 Å². The van der Waals surface area contributed by atoms with Gasteiger partial charge in [-0.1, -0.05) is 0 Å². The van der Waals surface area contributed by atoms with Crippen molar-refractivity contribution in [1.29, 1.82) is 5.26 Å². The van der Waals surface area contributed by atoms with E-state index in [9.17, 15) is 26.9 Å². The number of aromatic amines is 1. The number of hydrogen-bond donors (Lipinski definition) is 3. The summed E-state index contributed by atoms with van der Waals surface area (Å²) in [7, 11) is -1.88. The first-order valence-electron chi connectivity index (χ1n) is 9.90. The van der Waals surface area contributed by atoms with Crippen LogP contribution in [0.4, 0.5) is 30.6 Å². The lowest BCUT2D eigenvalue weighted by Gasteiger charge is -2.27. The van der Waals surface area contributed by atoms with Crippen molar-refractivity contribution >= 4 is 38.5 Å². The molecular weight excluding hydrogens is 477 g/mol. The molecule has 0 bridgehead atoms. The van der Waals surface area contributed by atoms with Crippen molar-refractivity contribution < 1.29 is 26.3 Å². The third kappa shape index (κ3) is 4.82. The second-order valence-corrected chi connectivity index (χ2v) is 9.49. The minimum absolute atomic E-state index is 0.00224. The number of ether oxygens (including phenoxy) is 1. The number of hydrogen-bond acceptors (Lipinski definition) is 9. The van der Waals surface area contributed by atoms with E-state index in [0.717, 1.165) is 6.26 Å². The van der Waals surface area contributed by atoms with Gasteiger partial charge in [0.2, 0.25) is 21.9 Å². The number of rotatable bonds is 6. The van der Waals surface area contributed by atoms with Gasteiger partial charge in [-0.3, -0.25) is 0 Å². The van der Waals surface area contributed by atoms with Gasteiger partial charge < -0.3 is 20.4 Å². The first kappa shape index (κ1) is 23.5. The molecule has 4 rings (SSSR count). The summed E-state index contributed by atoms with van der Waals surface area (Å²) in [5, 5.41) is 15.4. The highest BCUT2D eigenvalue weighted by Crippen LogP contribution is 2.33. The van der Waals surface area contributed by atoms with E-state index in [4.69, 9.17) is 4.74 Å². The quantitative estimate of drug-likeness (QED) is 0.467. The normalized spacial score (nSPS) is 14.5. The van der Waals surface area contributed by atoms with Crippen molar-refractivity contribution in [3.63, 3.8) is 0 Å². The molecular formula is C19H19F3N8O3S. The Bertz CT molecular complexity index is 1400. The molecule has 4 heterocycles. The van der Waals surface area contributed by atoms with Crippen molar-refractivity contribution in [2.24, 2.45) is 0 Å². The van der Waals surface area contributed by atoms with Gasteiger partial charge in [-0.2, -0.15) is 32.7 Å². The van der Waals surface area contributed by atoms with Crippen molar-refractivity contribution in [3.05, 3.63) is 29.1 Å². The number of halogens is 3. The number of H-pyrrole nitrogens is 1. The van der Waals surface area contributed by atoms with Crippen LogP contribution in [0.5, 0.6) is 5.88 Å². The molecule has 0 amide bonds. The maximum absolute atomic E-state index is 12.8. The second-order valence-electron chi connectivity index (χ2n) is 7.51. The Balaban J connectivity index is 1.75. The van der Waals surface area contributed by atoms with Gasteiger partial charge in [0.25, 0.3) is 0 Å². The molecule has 1 aliphatic heterocycles. The highest BCUT2D eigenvalue weighted by molar-refractivity contribution is 7.88. The van der Waals surface area contributed by atoms with Crippen molar-refractivity contribution in [1.82, 2.24) is 24.2 Å². The summed E-state index contributed by atoms with van der Waals surface area (Å²) in [6, 6.07) is 3.50. The van der Waals surface area contributed by atoms with E-state index in [-0.39, 0.29) is 37.0 Å². The van der Waals surface area contributed by atoms with E-state index < -0.39 is 22.8 Å². The standard InChI is InChI=1S/C19H19F3N8O3S/c1-24-15-14-11(6-23)7-25-16(14)29-18(28-15)27-13-5-10-8-30(34(2,31)32)4-3-12(10)26-17(13)33-9-19(20,21)22/h5,7H,3-4,8-9H2,1-2H3,(H3,24,25,27,28,29). The molecule has 180 valence electrons. The van der Waals surface area contributed by atoms with Gasteiger partial charge >= 0.3 is 6.18 Å². The molecule has 0 aliphatic carbocycles. The summed E-state index contributed by atoms with van der Waals surface area (Å²) in [6.45, 7) is -1.39. The van der Waals surface area contributed by atoms with E-state index in [1.165, 1.54) is 16.6 Å². The van der Waals surface area contributed by atoms with Crippen LogP contribution in [0.1, 0.15) is 16.8 Å². The molecule has 1 aliphatic rings. The van der Waals surface area contributed by atoms with Crippen LogP contribution in [0.15, 0.2) is 12.3 Å². The predicted octanol–water partition coefficient (Wildman–Crippen LogP) is 2.27. The molecule has 34 heavy (non-hydrogen) atoms.